The molecule has 0 spiro atoms. The highest BCUT2D eigenvalue weighted by molar-refractivity contribution is 6.16. The molecule has 0 bridgehead atoms. The molecule has 3 aromatic rings. The van der Waals surface area contributed by atoms with Crippen molar-refractivity contribution in [2.45, 2.75) is 13.8 Å². The molecule has 2 nitrogen and oxygen atoms in total. The second kappa shape index (κ2) is 7.92. The maximum Gasteiger partial charge on any atom is 0.0718 e. The Hall–Kier alpha value is -3.00. The predicted molar refractivity (Wildman–Crippen MR) is 112 cm³/mol. The SMILES string of the molecule is CN=C(c1ccccc1)c1cc(C)c(C(=NC)c2ccccc2)cc1C. The molecule has 26 heavy (non-hydrogen) atoms. The van der Waals surface area contributed by atoms with Crippen molar-refractivity contribution in [2.24, 2.45) is 9.98 Å². The lowest BCUT2D eigenvalue weighted by atomic mass is 9.90. The first-order valence-corrected chi connectivity index (χ1v) is 8.82. The standard InChI is InChI=1S/C24H24N2/c1-17-15-22(24(26-4)20-13-9-6-10-14-20)18(2)16-21(17)23(25-3)19-11-7-5-8-12-19/h5-16H,1-4H3. The molecule has 0 saturated heterocycles. The maximum atomic E-state index is 4.57. The van der Waals surface area contributed by atoms with Crippen molar-refractivity contribution in [3.8, 4) is 0 Å². The fourth-order valence-corrected chi connectivity index (χ4v) is 3.33. The lowest BCUT2D eigenvalue weighted by Gasteiger charge is -2.16. The van der Waals surface area contributed by atoms with Crippen molar-refractivity contribution in [3.05, 3.63) is 106 Å². The average Bonchev–Trinajstić information content (AvgIpc) is 2.68. The van der Waals surface area contributed by atoms with Crippen LogP contribution in [0.25, 0.3) is 0 Å². The molecule has 3 rings (SSSR count). The van der Waals surface area contributed by atoms with Crippen molar-refractivity contribution in [1.82, 2.24) is 0 Å². The zero-order valence-electron chi connectivity index (χ0n) is 15.8. The van der Waals surface area contributed by atoms with Gasteiger partial charge in [0, 0.05) is 36.3 Å². The molecule has 0 N–H and O–H groups in total. The van der Waals surface area contributed by atoms with Crippen LogP contribution in [-0.4, -0.2) is 25.5 Å². The Morgan fingerprint density at radius 3 is 1.23 bits per heavy atom. The van der Waals surface area contributed by atoms with Gasteiger partial charge in [-0.25, -0.2) is 0 Å². The summed E-state index contributed by atoms with van der Waals surface area (Å²) in [5, 5.41) is 0. The maximum absolute atomic E-state index is 4.57. The second-order valence-corrected chi connectivity index (χ2v) is 6.36. The van der Waals surface area contributed by atoms with E-state index in [0.717, 1.165) is 22.6 Å². The Labute approximate surface area is 156 Å². The van der Waals surface area contributed by atoms with Gasteiger partial charge in [-0.3, -0.25) is 9.98 Å². The van der Waals surface area contributed by atoms with Gasteiger partial charge in [-0.1, -0.05) is 60.7 Å². The minimum Gasteiger partial charge on any atom is -0.287 e. The summed E-state index contributed by atoms with van der Waals surface area (Å²) in [6.07, 6.45) is 0. The van der Waals surface area contributed by atoms with E-state index in [9.17, 15) is 0 Å². The van der Waals surface area contributed by atoms with Crippen molar-refractivity contribution < 1.29 is 0 Å². The van der Waals surface area contributed by atoms with E-state index < -0.39 is 0 Å². The number of nitrogens with zero attached hydrogens (tertiary/aromatic N) is 2. The van der Waals surface area contributed by atoms with Crippen LogP contribution in [-0.2, 0) is 0 Å². The summed E-state index contributed by atoms with van der Waals surface area (Å²) in [6.45, 7) is 4.29. The third-order valence-corrected chi connectivity index (χ3v) is 4.62. The van der Waals surface area contributed by atoms with Crippen LogP contribution in [0.2, 0.25) is 0 Å². The Morgan fingerprint density at radius 1 is 0.577 bits per heavy atom. The highest BCUT2D eigenvalue weighted by Crippen LogP contribution is 2.23. The average molecular weight is 340 g/mol. The molecule has 3 aromatic carbocycles. The van der Waals surface area contributed by atoms with Crippen LogP contribution in [0.15, 0.2) is 82.8 Å². The summed E-state index contributed by atoms with van der Waals surface area (Å²) in [7, 11) is 3.71. The number of hydrogen-bond donors (Lipinski definition) is 0. The zero-order chi connectivity index (χ0) is 18.5. The van der Waals surface area contributed by atoms with Gasteiger partial charge >= 0.3 is 0 Å². The molecule has 0 heterocycles. The number of benzene rings is 3. The molecule has 0 aromatic heterocycles. The van der Waals surface area contributed by atoms with Gasteiger partial charge in [-0.2, -0.15) is 0 Å². The molecule has 130 valence electrons. The van der Waals surface area contributed by atoms with E-state index >= 15 is 0 Å². The van der Waals surface area contributed by atoms with Crippen LogP contribution in [0, 0.1) is 13.8 Å². The van der Waals surface area contributed by atoms with E-state index in [0.29, 0.717) is 0 Å². The fraction of sp³-hybridized carbons (Fsp3) is 0.167. The van der Waals surface area contributed by atoms with Crippen molar-refractivity contribution >= 4 is 11.4 Å². The second-order valence-electron chi connectivity index (χ2n) is 6.36. The molecule has 0 fully saturated rings. The fourth-order valence-electron chi connectivity index (χ4n) is 3.33. The van der Waals surface area contributed by atoms with E-state index in [1.165, 1.54) is 22.3 Å². The Morgan fingerprint density at radius 2 is 0.923 bits per heavy atom. The first-order chi connectivity index (χ1) is 12.7. The van der Waals surface area contributed by atoms with E-state index in [-0.39, 0.29) is 0 Å². The van der Waals surface area contributed by atoms with Crippen molar-refractivity contribution in [3.63, 3.8) is 0 Å². The first kappa shape index (κ1) is 17.8. The molecular weight excluding hydrogens is 316 g/mol. The number of aliphatic imine (C=N–C) groups is 2. The summed E-state index contributed by atoms with van der Waals surface area (Å²) >= 11 is 0. The largest absolute Gasteiger partial charge is 0.287 e. The third kappa shape index (κ3) is 3.50. The van der Waals surface area contributed by atoms with Gasteiger partial charge in [-0.15, -0.1) is 0 Å². The lowest BCUT2D eigenvalue weighted by molar-refractivity contribution is 1.31. The van der Waals surface area contributed by atoms with Gasteiger partial charge in [0.25, 0.3) is 0 Å². The molecular formula is C24H24N2. The van der Waals surface area contributed by atoms with Gasteiger partial charge in [0.05, 0.1) is 11.4 Å². The summed E-state index contributed by atoms with van der Waals surface area (Å²) < 4.78 is 0. The van der Waals surface area contributed by atoms with Crippen LogP contribution in [0.4, 0.5) is 0 Å². The smallest absolute Gasteiger partial charge is 0.0718 e. The van der Waals surface area contributed by atoms with E-state index in [1.807, 2.05) is 50.5 Å². The monoisotopic (exact) mass is 340 g/mol. The predicted octanol–water partition coefficient (Wildman–Crippen LogP) is 5.24. The van der Waals surface area contributed by atoms with E-state index in [2.05, 4.69) is 60.2 Å². The van der Waals surface area contributed by atoms with Gasteiger partial charge in [0.1, 0.15) is 0 Å². The summed E-state index contributed by atoms with van der Waals surface area (Å²) in [5.41, 5.74) is 9.06. The van der Waals surface area contributed by atoms with Crippen LogP contribution in [0.5, 0.6) is 0 Å². The quantitative estimate of drug-likeness (QED) is 0.580. The van der Waals surface area contributed by atoms with Gasteiger partial charge < -0.3 is 0 Å². The Bertz CT molecular complexity index is 871. The molecule has 0 aliphatic rings. The molecule has 0 atom stereocenters. The summed E-state index contributed by atoms with van der Waals surface area (Å²) in [4.78, 5) is 9.14. The topological polar surface area (TPSA) is 24.7 Å². The Kier molecular flexibility index (Phi) is 5.43. The van der Waals surface area contributed by atoms with Crippen LogP contribution in [0.1, 0.15) is 33.4 Å². The van der Waals surface area contributed by atoms with Gasteiger partial charge in [-0.05, 0) is 37.1 Å². The number of aryl methyl sites for hydroxylation is 2. The van der Waals surface area contributed by atoms with Gasteiger partial charge in [0.15, 0.2) is 0 Å². The van der Waals surface area contributed by atoms with Crippen molar-refractivity contribution in [2.75, 3.05) is 14.1 Å². The summed E-state index contributed by atoms with van der Waals surface area (Å²) in [6, 6.07) is 25.1. The zero-order valence-corrected chi connectivity index (χ0v) is 15.8. The minimum atomic E-state index is 1.02. The molecule has 0 amide bonds. The van der Waals surface area contributed by atoms with Crippen LogP contribution >= 0.6 is 0 Å². The molecule has 0 unspecified atom stereocenters. The molecule has 0 saturated carbocycles. The number of hydrogen-bond acceptors (Lipinski definition) is 2. The number of rotatable bonds is 4. The minimum absolute atomic E-state index is 1.02. The lowest BCUT2D eigenvalue weighted by Crippen LogP contribution is -2.11. The molecule has 2 heteroatoms. The van der Waals surface area contributed by atoms with Crippen LogP contribution < -0.4 is 0 Å². The van der Waals surface area contributed by atoms with E-state index in [4.69, 9.17) is 0 Å². The van der Waals surface area contributed by atoms with Gasteiger partial charge in [0.2, 0.25) is 0 Å². The molecule has 0 aliphatic carbocycles. The first-order valence-electron chi connectivity index (χ1n) is 8.82. The normalized spacial score (nSPS) is 12.3. The molecule has 0 aliphatic heterocycles. The molecule has 0 radical (unpaired) electrons. The highest BCUT2D eigenvalue weighted by Gasteiger charge is 2.15. The van der Waals surface area contributed by atoms with E-state index in [1.54, 1.807) is 0 Å². The third-order valence-electron chi connectivity index (χ3n) is 4.62. The Balaban J connectivity index is 2.10. The van der Waals surface area contributed by atoms with Crippen LogP contribution in [0.3, 0.4) is 0 Å². The summed E-state index contributed by atoms with van der Waals surface area (Å²) in [5.74, 6) is 0. The van der Waals surface area contributed by atoms with Crippen molar-refractivity contribution in [1.29, 1.82) is 0 Å². The highest BCUT2D eigenvalue weighted by atomic mass is 14.7.